The topological polar surface area (TPSA) is 124 Å². The highest BCUT2D eigenvalue weighted by molar-refractivity contribution is 7.90. The highest BCUT2D eigenvalue weighted by atomic mass is 32.2. The zero-order valence-electron chi connectivity index (χ0n) is 22.1. The van der Waals surface area contributed by atoms with Crippen molar-refractivity contribution in [3.05, 3.63) is 60.4 Å². The average Bonchev–Trinajstić information content (AvgIpc) is 3.74. The molecule has 3 aromatic rings. The van der Waals surface area contributed by atoms with E-state index in [1.54, 1.807) is 30.6 Å². The second-order valence-corrected chi connectivity index (χ2v) is 11.2. The standard InChI is InChI=1S/C25H29N3O5S.C2HF3O/c1-4-32-23-14-18(6-10-22(23)33-16(2)3)24(25(29)28-34(30,31)21-8-9-21)27-20-7-5-19-15-26-12-11-17(19)13-20;3-2(4,5)1-6/h5-7,10-16,21,24,27H,4,8-9H2,1-3H3,(H,28,29);1H. The SMILES string of the molecule is CCOc1cc(C(Nc2ccc3cnccc3c2)C(=O)NS(=O)(=O)C2CC2)ccc1OC(C)C.O=CC(F)(F)F. The van der Waals surface area contributed by atoms with Gasteiger partial charge in [0.2, 0.25) is 16.3 Å². The zero-order valence-corrected chi connectivity index (χ0v) is 22.9. The quantitative estimate of drug-likeness (QED) is 0.323. The van der Waals surface area contributed by atoms with Crippen LogP contribution in [0.2, 0.25) is 0 Å². The lowest BCUT2D eigenvalue weighted by Crippen LogP contribution is -2.39. The molecular formula is C27H30F3N3O6S. The molecule has 4 rings (SSSR count). The van der Waals surface area contributed by atoms with Crippen molar-refractivity contribution >= 4 is 38.7 Å². The van der Waals surface area contributed by atoms with Crippen molar-refractivity contribution in [2.24, 2.45) is 0 Å². The van der Waals surface area contributed by atoms with E-state index >= 15 is 0 Å². The summed E-state index contributed by atoms with van der Waals surface area (Å²) in [5, 5.41) is 4.60. The van der Waals surface area contributed by atoms with Crippen molar-refractivity contribution in [1.29, 1.82) is 0 Å². The first-order valence-electron chi connectivity index (χ1n) is 12.4. The second-order valence-electron chi connectivity index (χ2n) is 9.19. The average molecular weight is 582 g/mol. The van der Waals surface area contributed by atoms with Crippen LogP contribution in [0.5, 0.6) is 11.5 Å². The van der Waals surface area contributed by atoms with Gasteiger partial charge in [0.15, 0.2) is 11.5 Å². The van der Waals surface area contributed by atoms with E-state index in [-0.39, 0.29) is 6.10 Å². The number of carbonyl (C=O) groups excluding carboxylic acids is 2. The molecule has 0 saturated heterocycles. The number of anilines is 1. The largest absolute Gasteiger partial charge is 0.490 e. The first kappa shape index (κ1) is 30.7. The molecule has 0 bridgehead atoms. The molecule has 1 aromatic heterocycles. The van der Waals surface area contributed by atoms with Crippen LogP contribution in [0.3, 0.4) is 0 Å². The first-order valence-corrected chi connectivity index (χ1v) is 14.0. The van der Waals surface area contributed by atoms with Gasteiger partial charge < -0.3 is 14.8 Å². The van der Waals surface area contributed by atoms with E-state index in [0.717, 1.165) is 10.8 Å². The zero-order chi connectivity index (χ0) is 29.5. The lowest BCUT2D eigenvalue weighted by Gasteiger charge is -2.22. The Morgan fingerprint density at radius 1 is 1.10 bits per heavy atom. The summed E-state index contributed by atoms with van der Waals surface area (Å²) in [5.41, 5.74) is 1.22. The van der Waals surface area contributed by atoms with Crippen LogP contribution in [0.25, 0.3) is 10.8 Å². The highest BCUT2D eigenvalue weighted by Gasteiger charge is 2.38. The summed E-state index contributed by atoms with van der Waals surface area (Å²) in [7, 11) is -3.71. The number of fused-ring (bicyclic) bond motifs is 1. The number of carbonyl (C=O) groups is 2. The van der Waals surface area contributed by atoms with E-state index in [2.05, 4.69) is 15.0 Å². The maximum atomic E-state index is 13.3. The fourth-order valence-corrected chi connectivity index (χ4v) is 4.95. The number of sulfonamides is 1. The number of aromatic nitrogens is 1. The number of nitrogens with one attached hydrogen (secondary N) is 2. The Morgan fingerprint density at radius 2 is 1.80 bits per heavy atom. The van der Waals surface area contributed by atoms with Gasteiger partial charge in [-0.2, -0.15) is 13.2 Å². The molecule has 1 aliphatic rings. The van der Waals surface area contributed by atoms with Crippen LogP contribution in [0, 0.1) is 0 Å². The summed E-state index contributed by atoms with van der Waals surface area (Å²) in [6.45, 7) is 6.11. The summed E-state index contributed by atoms with van der Waals surface area (Å²) in [4.78, 5) is 26.1. The Labute approximate surface area is 230 Å². The fourth-order valence-electron chi connectivity index (χ4n) is 3.62. The van der Waals surface area contributed by atoms with Gasteiger partial charge in [-0.3, -0.25) is 19.3 Å². The Morgan fingerprint density at radius 3 is 2.40 bits per heavy atom. The molecule has 1 heterocycles. The number of rotatable bonds is 10. The molecule has 0 spiro atoms. The predicted molar refractivity (Wildman–Crippen MR) is 144 cm³/mol. The summed E-state index contributed by atoms with van der Waals surface area (Å²) in [5.74, 6) is 0.396. The first-order chi connectivity index (χ1) is 18.8. The van der Waals surface area contributed by atoms with E-state index in [1.165, 1.54) is 0 Å². The molecule has 2 N–H and O–H groups in total. The van der Waals surface area contributed by atoms with Crippen molar-refractivity contribution in [1.82, 2.24) is 9.71 Å². The predicted octanol–water partition coefficient (Wildman–Crippen LogP) is 4.93. The Balaban J connectivity index is 0.000000663. The molecule has 9 nitrogen and oxygen atoms in total. The Kier molecular flexibility index (Phi) is 9.96. The smallest absolute Gasteiger partial charge is 0.446 e. The van der Waals surface area contributed by atoms with Gasteiger partial charge in [0.05, 0.1) is 18.0 Å². The van der Waals surface area contributed by atoms with Gasteiger partial charge in [0, 0.05) is 23.5 Å². The molecule has 0 radical (unpaired) electrons. The van der Waals surface area contributed by atoms with Crippen molar-refractivity contribution < 1.29 is 40.7 Å². The van der Waals surface area contributed by atoms with Gasteiger partial charge in [-0.1, -0.05) is 12.1 Å². The molecule has 40 heavy (non-hydrogen) atoms. The van der Waals surface area contributed by atoms with Crippen LogP contribution in [-0.4, -0.2) is 49.7 Å². The van der Waals surface area contributed by atoms with Crippen molar-refractivity contribution in [3.63, 3.8) is 0 Å². The van der Waals surface area contributed by atoms with Crippen LogP contribution >= 0.6 is 0 Å². The van der Waals surface area contributed by atoms with Crippen molar-refractivity contribution in [3.8, 4) is 11.5 Å². The Bertz CT molecular complexity index is 1440. The minimum absolute atomic E-state index is 0.0574. The number of aldehydes is 1. The number of pyridine rings is 1. The molecule has 1 amide bonds. The number of amides is 1. The van der Waals surface area contributed by atoms with Gasteiger partial charge in [-0.05, 0) is 74.9 Å². The van der Waals surface area contributed by atoms with Gasteiger partial charge >= 0.3 is 6.18 Å². The molecule has 1 unspecified atom stereocenters. The summed E-state index contributed by atoms with van der Waals surface area (Å²) >= 11 is 0. The Hall–Kier alpha value is -3.87. The summed E-state index contributed by atoms with van der Waals surface area (Å²) < 4.78 is 70.1. The van der Waals surface area contributed by atoms with Crippen LogP contribution in [0.1, 0.15) is 45.2 Å². The van der Waals surface area contributed by atoms with E-state index in [0.29, 0.717) is 42.2 Å². The van der Waals surface area contributed by atoms with Crippen molar-refractivity contribution in [2.75, 3.05) is 11.9 Å². The molecule has 1 saturated carbocycles. The number of benzene rings is 2. The summed E-state index contributed by atoms with van der Waals surface area (Å²) in [6, 6.07) is 11.7. The number of hydrogen-bond acceptors (Lipinski definition) is 8. The molecule has 1 atom stereocenters. The van der Waals surface area contributed by atoms with Crippen LogP contribution in [0.15, 0.2) is 54.9 Å². The van der Waals surface area contributed by atoms with E-state index in [1.807, 2.05) is 45.0 Å². The number of ether oxygens (including phenoxy) is 2. The van der Waals surface area contributed by atoms with Gasteiger partial charge in [0.1, 0.15) is 6.04 Å². The van der Waals surface area contributed by atoms with Crippen LogP contribution < -0.4 is 19.5 Å². The monoisotopic (exact) mass is 581 g/mol. The number of alkyl halides is 3. The maximum Gasteiger partial charge on any atom is 0.446 e. The molecule has 1 aliphatic carbocycles. The lowest BCUT2D eigenvalue weighted by atomic mass is 10.0. The maximum absolute atomic E-state index is 13.3. The number of nitrogens with zero attached hydrogens (tertiary/aromatic N) is 1. The lowest BCUT2D eigenvalue weighted by molar-refractivity contribution is -0.156. The van der Waals surface area contributed by atoms with Crippen LogP contribution in [0.4, 0.5) is 18.9 Å². The molecular weight excluding hydrogens is 551 g/mol. The highest BCUT2D eigenvalue weighted by Crippen LogP contribution is 2.34. The van der Waals surface area contributed by atoms with Gasteiger partial charge in [0.25, 0.3) is 5.91 Å². The third-order valence-corrected chi connectivity index (χ3v) is 7.35. The molecule has 13 heteroatoms. The third-order valence-electron chi connectivity index (χ3n) is 5.52. The van der Waals surface area contributed by atoms with Crippen molar-refractivity contribution in [2.45, 2.75) is 57.2 Å². The molecule has 1 fully saturated rings. The number of halogens is 3. The van der Waals surface area contributed by atoms with E-state index < -0.39 is 39.7 Å². The minimum atomic E-state index is -4.64. The summed E-state index contributed by atoms with van der Waals surface area (Å²) in [6.07, 6.45) is -1.18. The molecule has 216 valence electrons. The fraction of sp³-hybridized carbons (Fsp3) is 0.370. The van der Waals surface area contributed by atoms with E-state index in [4.69, 9.17) is 14.3 Å². The minimum Gasteiger partial charge on any atom is -0.490 e. The second kappa shape index (κ2) is 13.0. The van der Waals surface area contributed by atoms with Gasteiger partial charge in [-0.15, -0.1) is 0 Å². The van der Waals surface area contributed by atoms with Gasteiger partial charge in [-0.25, -0.2) is 8.42 Å². The number of hydrogen-bond donors (Lipinski definition) is 2. The molecule has 2 aromatic carbocycles. The normalized spacial score (nSPS) is 14.1. The third kappa shape index (κ3) is 8.83. The van der Waals surface area contributed by atoms with Crippen LogP contribution in [-0.2, 0) is 19.6 Å². The van der Waals surface area contributed by atoms with E-state index in [9.17, 15) is 26.4 Å². The molecule has 0 aliphatic heterocycles.